The first-order valence-electron chi connectivity index (χ1n) is 5.44. The molecular weight excluding hydrogens is 244 g/mol. The van der Waals surface area contributed by atoms with Gasteiger partial charge in [-0.2, -0.15) is 4.31 Å². The molecule has 0 spiro atoms. The second-order valence-electron chi connectivity index (χ2n) is 4.59. The van der Waals surface area contributed by atoms with Gasteiger partial charge < -0.3 is 5.73 Å². The van der Waals surface area contributed by atoms with Gasteiger partial charge in [0.2, 0.25) is 10.0 Å². The van der Waals surface area contributed by atoms with Gasteiger partial charge in [-0.3, -0.25) is 0 Å². The standard InChI is InChI=1S/C10H22N2O2S2/c1-8(2)7-16(13,14)12(9(3)4)6-5-10(11)15/h8-9H,5-7H2,1-4H3,(H2,11,15). The van der Waals surface area contributed by atoms with Crippen molar-refractivity contribution in [2.75, 3.05) is 12.3 Å². The zero-order chi connectivity index (χ0) is 12.9. The summed E-state index contributed by atoms with van der Waals surface area (Å²) in [6, 6.07) is -0.0573. The number of hydrogen-bond acceptors (Lipinski definition) is 3. The van der Waals surface area contributed by atoms with Crippen LogP contribution in [0.15, 0.2) is 0 Å². The summed E-state index contributed by atoms with van der Waals surface area (Å²) in [5.74, 6) is 0.291. The molecule has 96 valence electrons. The van der Waals surface area contributed by atoms with E-state index >= 15 is 0 Å². The topological polar surface area (TPSA) is 63.4 Å². The first-order chi connectivity index (χ1) is 7.16. The maximum Gasteiger partial charge on any atom is 0.214 e. The molecule has 0 aliphatic rings. The molecule has 16 heavy (non-hydrogen) atoms. The van der Waals surface area contributed by atoms with Gasteiger partial charge in [0.25, 0.3) is 0 Å². The summed E-state index contributed by atoms with van der Waals surface area (Å²) >= 11 is 4.77. The van der Waals surface area contributed by atoms with Gasteiger partial charge in [-0.05, 0) is 19.8 Å². The summed E-state index contributed by atoms with van der Waals surface area (Å²) < 4.78 is 25.6. The Morgan fingerprint density at radius 3 is 2.12 bits per heavy atom. The lowest BCUT2D eigenvalue weighted by Crippen LogP contribution is -2.41. The zero-order valence-electron chi connectivity index (χ0n) is 10.4. The molecule has 0 amide bonds. The molecule has 0 rings (SSSR count). The minimum absolute atomic E-state index is 0.0573. The quantitative estimate of drug-likeness (QED) is 0.707. The summed E-state index contributed by atoms with van der Waals surface area (Å²) in [7, 11) is -3.20. The number of hydrogen-bond donors (Lipinski definition) is 1. The number of nitrogens with zero attached hydrogens (tertiary/aromatic N) is 1. The Kier molecular flexibility index (Phi) is 6.43. The van der Waals surface area contributed by atoms with Gasteiger partial charge in [0.1, 0.15) is 0 Å². The summed E-state index contributed by atoms with van der Waals surface area (Å²) in [5.41, 5.74) is 5.40. The van der Waals surface area contributed by atoms with Gasteiger partial charge in [-0.1, -0.05) is 26.1 Å². The smallest absolute Gasteiger partial charge is 0.214 e. The van der Waals surface area contributed by atoms with Gasteiger partial charge >= 0.3 is 0 Å². The zero-order valence-corrected chi connectivity index (χ0v) is 12.1. The van der Waals surface area contributed by atoms with Gasteiger partial charge in [0.05, 0.1) is 10.7 Å². The molecule has 0 atom stereocenters. The fourth-order valence-electron chi connectivity index (χ4n) is 1.46. The third-order valence-electron chi connectivity index (χ3n) is 2.06. The molecule has 0 unspecified atom stereocenters. The number of thiocarbonyl (C=S) groups is 1. The fourth-order valence-corrected chi connectivity index (χ4v) is 3.59. The van der Waals surface area contributed by atoms with Crippen molar-refractivity contribution in [1.29, 1.82) is 0 Å². The van der Waals surface area contributed by atoms with Crippen molar-refractivity contribution in [1.82, 2.24) is 4.31 Å². The normalized spacial score (nSPS) is 12.7. The van der Waals surface area contributed by atoms with Crippen molar-refractivity contribution in [3.63, 3.8) is 0 Å². The first-order valence-corrected chi connectivity index (χ1v) is 7.46. The van der Waals surface area contributed by atoms with Crippen molar-refractivity contribution in [2.24, 2.45) is 11.7 Å². The van der Waals surface area contributed by atoms with Crippen LogP contribution in [-0.2, 0) is 10.0 Å². The van der Waals surface area contributed by atoms with Crippen LogP contribution >= 0.6 is 12.2 Å². The van der Waals surface area contributed by atoms with Crippen molar-refractivity contribution in [2.45, 2.75) is 40.2 Å². The predicted octanol–water partition coefficient (Wildman–Crippen LogP) is 1.36. The van der Waals surface area contributed by atoms with E-state index in [0.717, 1.165) is 0 Å². The highest BCUT2D eigenvalue weighted by Gasteiger charge is 2.25. The van der Waals surface area contributed by atoms with Gasteiger partial charge in [-0.15, -0.1) is 0 Å². The highest BCUT2D eigenvalue weighted by Crippen LogP contribution is 2.12. The van der Waals surface area contributed by atoms with E-state index in [1.54, 1.807) is 0 Å². The monoisotopic (exact) mass is 266 g/mol. The van der Waals surface area contributed by atoms with E-state index < -0.39 is 10.0 Å². The van der Waals surface area contributed by atoms with Crippen LogP contribution in [0.25, 0.3) is 0 Å². The second kappa shape index (κ2) is 6.51. The molecule has 4 nitrogen and oxygen atoms in total. The maximum absolute atomic E-state index is 12.0. The SMILES string of the molecule is CC(C)CS(=O)(=O)N(CCC(N)=S)C(C)C. The van der Waals surface area contributed by atoms with Gasteiger partial charge in [0.15, 0.2) is 0 Å². The molecule has 0 radical (unpaired) electrons. The lowest BCUT2D eigenvalue weighted by molar-refractivity contribution is 0.359. The molecule has 0 fully saturated rings. The molecule has 0 saturated heterocycles. The maximum atomic E-state index is 12.0. The molecule has 0 aromatic carbocycles. The molecule has 0 aromatic heterocycles. The van der Waals surface area contributed by atoms with Crippen LogP contribution in [0.4, 0.5) is 0 Å². The predicted molar refractivity (Wildman–Crippen MR) is 71.9 cm³/mol. The third kappa shape index (κ3) is 5.77. The molecule has 0 saturated carbocycles. The Balaban J connectivity index is 4.70. The van der Waals surface area contributed by atoms with Gasteiger partial charge in [0, 0.05) is 19.0 Å². The fraction of sp³-hybridized carbons (Fsp3) is 0.900. The van der Waals surface area contributed by atoms with Crippen molar-refractivity contribution >= 4 is 27.2 Å². The van der Waals surface area contributed by atoms with Crippen molar-refractivity contribution < 1.29 is 8.42 Å². The Labute approximate surface area is 104 Å². The van der Waals surface area contributed by atoms with E-state index in [4.69, 9.17) is 18.0 Å². The lowest BCUT2D eigenvalue weighted by Gasteiger charge is -2.26. The Bertz CT molecular complexity index is 324. The highest BCUT2D eigenvalue weighted by molar-refractivity contribution is 7.89. The van der Waals surface area contributed by atoms with E-state index in [1.807, 2.05) is 27.7 Å². The van der Waals surface area contributed by atoms with Gasteiger partial charge in [-0.25, -0.2) is 8.42 Å². The van der Waals surface area contributed by atoms with Crippen LogP contribution < -0.4 is 5.73 Å². The molecule has 0 aliphatic heterocycles. The number of rotatable bonds is 7. The summed E-state index contributed by atoms with van der Waals surface area (Å²) in [6.45, 7) is 7.88. The molecule has 6 heteroatoms. The Morgan fingerprint density at radius 2 is 1.81 bits per heavy atom. The van der Waals surface area contributed by atoms with E-state index in [0.29, 0.717) is 18.0 Å². The van der Waals surface area contributed by atoms with E-state index in [9.17, 15) is 8.42 Å². The van der Waals surface area contributed by atoms with Crippen LogP contribution in [0, 0.1) is 5.92 Å². The summed E-state index contributed by atoms with van der Waals surface area (Å²) in [4.78, 5) is 0.352. The van der Waals surface area contributed by atoms with E-state index in [2.05, 4.69) is 0 Å². The third-order valence-corrected chi connectivity index (χ3v) is 4.67. The summed E-state index contributed by atoms with van der Waals surface area (Å²) in [5, 5.41) is 0. The molecule has 0 aliphatic carbocycles. The van der Waals surface area contributed by atoms with E-state index in [-0.39, 0.29) is 17.7 Å². The van der Waals surface area contributed by atoms with Crippen LogP contribution in [0.3, 0.4) is 0 Å². The Morgan fingerprint density at radius 1 is 1.31 bits per heavy atom. The lowest BCUT2D eigenvalue weighted by atomic mass is 10.3. The molecule has 0 aromatic rings. The molecule has 0 heterocycles. The van der Waals surface area contributed by atoms with E-state index in [1.165, 1.54) is 4.31 Å². The molecule has 2 N–H and O–H groups in total. The van der Waals surface area contributed by atoms with Crippen LogP contribution in [0.5, 0.6) is 0 Å². The molecular formula is C10H22N2O2S2. The number of nitrogens with two attached hydrogens (primary N) is 1. The summed E-state index contributed by atoms with van der Waals surface area (Å²) in [6.07, 6.45) is 0.435. The molecule has 0 bridgehead atoms. The first kappa shape index (κ1) is 15.8. The minimum Gasteiger partial charge on any atom is -0.393 e. The van der Waals surface area contributed by atoms with Crippen LogP contribution in [0.2, 0.25) is 0 Å². The van der Waals surface area contributed by atoms with Crippen molar-refractivity contribution in [3.8, 4) is 0 Å². The largest absolute Gasteiger partial charge is 0.393 e. The highest BCUT2D eigenvalue weighted by atomic mass is 32.2. The minimum atomic E-state index is -3.20. The average molecular weight is 266 g/mol. The average Bonchev–Trinajstić information content (AvgIpc) is 1.98. The van der Waals surface area contributed by atoms with Crippen LogP contribution in [-0.4, -0.2) is 36.1 Å². The van der Waals surface area contributed by atoms with Crippen molar-refractivity contribution in [3.05, 3.63) is 0 Å². The number of sulfonamides is 1. The second-order valence-corrected chi connectivity index (χ2v) is 7.08. The Hall–Kier alpha value is -0.200. The van der Waals surface area contributed by atoms with Crippen LogP contribution in [0.1, 0.15) is 34.1 Å².